The fourth-order valence-electron chi connectivity index (χ4n) is 3.77. The summed E-state index contributed by atoms with van der Waals surface area (Å²) >= 11 is 6.41. The molecule has 0 radical (unpaired) electrons. The predicted octanol–water partition coefficient (Wildman–Crippen LogP) is 6.73. The second-order valence-corrected chi connectivity index (χ2v) is 8.66. The van der Waals surface area contributed by atoms with Gasteiger partial charge in [0.05, 0.1) is 27.8 Å². The summed E-state index contributed by atoms with van der Waals surface area (Å²) in [4.78, 5) is 23.4. The highest BCUT2D eigenvalue weighted by Gasteiger charge is 2.37. The molecule has 3 aromatic carbocycles. The smallest absolute Gasteiger partial charge is 0.280 e. The van der Waals surface area contributed by atoms with Crippen LogP contribution < -0.4 is 14.5 Å². The monoisotopic (exact) mass is 581 g/mol. The Morgan fingerprint density at radius 3 is 2.30 bits per heavy atom. The van der Waals surface area contributed by atoms with Gasteiger partial charge in [0.2, 0.25) is 5.82 Å². The molecular formula is C26H17ClF5N3O5. The van der Waals surface area contributed by atoms with Crippen LogP contribution in [-0.4, -0.2) is 23.1 Å². The Morgan fingerprint density at radius 1 is 1.02 bits per heavy atom. The number of ether oxygens (including phenoxy) is 2. The van der Waals surface area contributed by atoms with E-state index in [-0.39, 0.29) is 57.3 Å². The molecule has 0 saturated heterocycles. The Morgan fingerprint density at radius 2 is 1.68 bits per heavy atom. The number of hydrogen-bond donors (Lipinski definition) is 0. The number of non-ortho nitro benzene ring substituents is 1. The van der Waals surface area contributed by atoms with E-state index in [1.807, 2.05) is 0 Å². The minimum atomic E-state index is -2.37. The summed E-state index contributed by atoms with van der Waals surface area (Å²) in [7, 11) is 0. The van der Waals surface area contributed by atoms with Crippen LogP contribution in [0.4, 0.5) is 33.3 Å². The molecule has 14 heteroatoms. The summed E-state index contributed by atoms with van der Waals surface area (Å²) in [6, 6.07) is 8.58. The fraction of sp³-hybridized carbons (Fsp3) is 0.154. The normalized spacial score (nSPS) is 14.1. The van der Waals surface area contributed by atoms with Crippen LogP contribution in [0.15, 0.2) is 47.1 Å². The number of anilines is 1. The van der Waals surface area contributed by atoms with Crippen molar-refractivity contribution in [2.75, 3.05) is 11.6 Å². The van der Waals surface area contributed by atoms with Crippen molar-refractivity contribution in [1.29, 1.82) is 0 Å². The van der Waals surface area contributed by atoms with Gasteiger partial charge in [-0.25, -0.2) is 22.0 Å². The van der Waals surface area contributed by atoms with Gasteiger partial charge < -0.3 is 9.47 Å². The van der Waals surface area contributed by atoms with E-state index >= 15 is 0 Å². The number of amides is 1. The maximum absolute atomic E-state index is 14.3. The number of hydrogen-bond acceptors (Lipinski definition) is 6. The SMILES string of the molecule is CCOc1cc(/C=C2/C(=O)N(c3c(F)c(F)c(F)c(F)c3F)N=C2C)cc(Cl)c1OCc1cccc([N+](=O)[O-])c1. The molecule has 0 saturated carbocycles. The molecule has 208 valence electrons. The van der Waals surface area contributed by atoms with Crippen LogP contribution in [0.3, 0.4) is 0 Å². The van der Waals surface area contributed by atoms with E-state index in [2.05, 4.69) is 5.10 Å². The lowest BCUT2D eigenvalue weighted by atomic mass is 10.1. The average Bonchev–Trinajstić information content (AvgIpc) is 3.18. The van der Waals surface area contributed by atoms with E-state index < -0.39 is 45.6 Å². The first-order valence-electron chi connectivity index (χ1n) is 11.4. The summed E-state index contributed by atoms with van der Waals surface area (Å²) in [5.41, 5.74) is -1.19. The van der Waals surface area contributed by atoms with Crippen molar-refractivity contribution >= 4 is 40.7 Å². The van der Waals surface area contributed by atoms with Crippen molar-refractivity contribution in [3.8, 4) is 11.5 Å². The van der Waals surface area contributed by atoms with E-state index in [1.54, 1.807) is 13.0 Å². The second kappa shape index (κ2) is 11.3. The summed E-state index contributed by atoms with van der Waals surface area (Å²) in [5, 5.41) is 14.8. The lowest BCUT2D eigenvalue weighted by molar-refractivity contribution is -0.384. The summed E-state index contributed by atoms with van der Waals surface area (Å²) in [5.74, 6) is -12.1. The number of benzene rings is 3. The number of nitro groups is 1. The van der Waals surface area contributed by atoms with Gasteiger partial charge in [-0.2, -0.15) is 10.1 Å². The van der Waals surface area contributed by atoms with Crippen molar-refractivity contribution < 1.29 is 41.1 Å². The van der Waals surface area contributed by atoms with E-state index in [0.29, 0.717) is 5.56 Å². The molecule has 1 aliphatic rings. The van der Waals surface area contributed by atoms with Crippen LogP contribution in [-0.2, 0) is 11.4 Å². The molecule has 1 aliphatic heterocycles. The molecule has 1 heterocycles. The first-order valence-corrected chi connectivity index (χ1v) is 11.8. The first-order chi connectivity index (χ1) is 18.9. The van der Waals surface area contributed by atoms with Crippen molar-refractivity contribution in [2.24, 2.45) is 5.10 Å². The van der Waals surface area contributed by atoms with Gasteiger partial charge in [-0.15, -0.1) is 0 Å². The van der Waals surface area contributed by atoms with Gasteiger partial charge in [-0.05, 0) is 43.2 Å². The number of halogens is 6. The molecule has 0 aliphatic carbocycles. The minimum absolute atomic E-state index is 0.0277. The van der Waals surface area contributed by atoms with Gasteiger partial charge in [0.1, 0.15) is 12.3 Å². The van der Waals surface area contributed by atoms with Gasteiger partial charge in [0, 0.05) is 12.1 Å². The van der Waals surface area contributed by atoms with Crippen LogP contribution in [0.5, 0.6) is 11.5 Å². The molecule has 0 bridgehead atoms. The molecular weight excluding hydrogens is 565 g/mol. The molecule has 0 atom stereocenters. The number of hydrazone groups is 1. The van der Waals surface area contributed by atoms with Gasteiger partial charge >= 0.3 is 0 Å². The molecule has 1 amide bonds. The molecule has 4 rings (SSSR count). The second-order valence-electron chi connectivity index (χ2n) is 8.26. The predicted molar refractivity (Wildman–Crippen MR) is 135 cm³/mol. The van der Waals surface area contributed by atoms with Crippen molar-refractivity contribution in [3.05, 3.63) is 97.3 Å². The fourth-order valence-corrected chi connectivity index (χ4v) is 4.05. The molecule has 8 nitrogen and oxygen atoms in total. The number of carbonyl (C=O) groups is 1. The lowest BCUT2D eigenvalue weighted by Crippen LogP contribution is -2.25. The van der Waals surface area contributed by atoms with Crippen molar-refractivity contribution in [3.63, 3.8) is 0 Å². The highest BCUT2D eigenvalue weighted by Crippen LogP contribution is 2.39. The van der Waals surface area contributed by atoms with E-state index in [9.17, 15) is 36.9 Å². The topological polar surface area (TPSA) is 94.3 Å². The third-order valence-corrected chi connectivity index (χ3v) is 5.89. The Bertz CT molecular complexity index is 1580. The zero-order valence-corrected chi connectivity index (χ0v) is 21.4. The van der Waals surface area contributed by atoms with Crippen molar-refractivity contribution in [1.82, 2.24) is 0 Å². The van der Waals surface area contributed by atoms with Crippen LogP contribution in [0.25, 0.3) is 6.08 Å². The van der Waals surface area contributed by atoms with Crippen LogP contribution in [0, 0.1) is 39.2 Å². The summed E-state index contributed by atoms with van der Waals surface area (Å²) in [6.07, 6.45) is 1.24. The molecule has 0 N–H and O–H groups in total. The molecule has 40 heavy (non-hydrogen) atoms. The average molecular weight is 582 g/mol. The van der Waals surface area contributed by atoms with Crippen LogP contribution >= 0.6 is 11.6 Å². The minimum Gasteiger partial charge on any atom is -0.490 e. The Hall–Kier alpha value is -4.52. The first kappa shape index (κ1) is 28.5. The lowest BCUT2D eigenvalue weighted by Gasteiger charge is -2.15. The third-order valence-electron chi connectivity index (χ3n) is 5.61. The van der Waals surface area contributed by atoms with Gasteiger partial charge in [-0.1, -0.05) is 23.7 Å². The Balaban J connectivity index is 1.66. The van der Waals surface area contributed by atoms with E-state index in [0.717, 1.165) is 0 Å². The van der Waals surface area contributed by atoms with Crippen molar-refractivity contribution in [2.45, 2.75) is 20.5 Å². The molecule has 0 unspecified atom stereocenters. The highest BCUT2D eigenvalue weighted by atomic mass is 35.5. The molecule has 0 aromatic heterocycles. The number of nitro benzene ring substituents is 1. The van der Waals surface area contributed by atoms with Gasteiger partial charge in [0.15, 0.2) is 34.8 Å². The third kappa shape index (κ3) is 5.32. The summed E-state index contributed by atoms with van der Waals surface area (Å²) < 4.78 is 80.9. The molecule has 0 fully saturated rings. The maximum atomic E-state index is 14.3. The number of rotatable bonds is 8. The Labute approximate surface area is 228 Å². The van der Waals surface area contributed by atoms with Crippen LogP contribution in [0.1, 0.15) is 25.0 Å². The van der Waals surface area contributed by atoms with Gasteiger partial charge in [0.25, 0.3) is 11.6 Å². The summed E-state index contributed by atoms with van der Waals surface area (Å²) in [6.45, 7) is 3.07. The van der Waals surface area contributed by atoms with Gasteiger partial charge in [-0.3, -0.25) is 14.9 Å². The number of nitrogens with zero attached hydrogens (tertiary/aromatic N) is 3. The Kier molecular flexibility index (Phi) is 8.05. The largest absolute Gasteiger partial charge is 0.490 e. The molecule has 3 aromatic rings. The maximum Gasteiger partial charge on any atom is 0.280 e. The zero-order chi connectivity index (χ0) is 29.3. The van der Waals surface area contributed by atoms with E-state index in [1.165, 1.54) is 43.3 Å². The van der Waals surface area contributed by atoms with Crippen LogP contribution in [0.2, 0.25) is 5.02 Å². The standard InChI is InChI=1S/C26H17ClF5N3O5/c1-3-39-18-10-14(9-17(27)25(18)40-11-13-5-4-6-15(7-13)35(37)38)8-16-12(2)33-34(26(16)36)24-22(31)20(29)19(28)21(30)23(24)32/h4-10H,3,11H2,1-2H3/b16-8+. The zero-order valence-electron chi connectivity index (χ0n) is 20.6. The molecule has 0 spiro atoms. The quantitative estimate of drug-likeness (QED) is 0.0734. The highest BCUT2D eigenvalue weighted by molar-refractivity contribution is 6.33. The van der Waals surface area contributed by atoms with E-state index in [4.69, 9.17) is 21.1 Å². The number of carbonyl (C=O) groups excluding carboxylic acids is 1.